The molecule has 2 aromatic heterocycles. The number of pyridine rings is 1. The summed E-state index contributed by atoms with van der Waals surface area (Å²) in [6.07, 6.45) is 1.84. The van der Waals surface area contributed by atoms with E-state index in [2.05, 4.69) is 15.5 Å². The van der Waals surface area contributed by atoms with Gasteiger partial charge in [0.15, 0.2) is 0 Å². The molecule has 0 spiro atoms. The largest absolute Gasteiger partial charge is 0.271 e. The Balaban J connectivity index is 2.39. The van der Waals surface area contributed by atoms with Crippen molar-refractivity contribution in [3.63, 3.8) is 0 Å². The summed E-state index contributed by atoms with van der Waals surface area (Å²) in [5, 5.41) is 4.32. The van der Waals surface area contributed by atoms with Crippen molar-refractivity contribution in [3.05, 3.63) is 47.0 Å². The van der Waals surface area contributed by atoms with E-state index < -0.39 is 0 Å². The van der Waals surface area contributed by atoms with Crippen LogP contribution in [0.3, 0.4) is 0 Å². The first-order chi connectivity index (χ1) is 8.11. The first-order valence-corrected chi connectivity index (χ1v) is 5.51. The molecule has 5 nitrogen and oxygen atoms in total. The Morgan fingerprint density at radius 2 is 2.06 bits per heavy atom. The number of nitrogens with zero attached hydrogens (tertiary/aromatic N) is 3. The number of aromatic nitrogens is 3. The van der Waals surface area contributed by atoms with Crippen molar-refractivity contribution in [3.8, 4) is 0 Å². The normalized spacial score (nSPS) is 12.7. The zero-order chi connectivity index (χ0) is 12.4. The smallest absolute Gasteiger partial charge is 0.0893 e. The van der Waals surface area contributed by atoms with Crippen molar-refractivity contribution in [2.75, 3.05) is 0 Å². The van der Waals surface area contributed by atoms with E-state index in [4.69, 9.17) is 5.84 Å². The van der Waals surface area contributed by atoms with Crippen molar-refractivity contribution in [1.29, 1.82) is 0 Å². The molecule has 2 heterocycles. The van der Waals surface area contributed by atoms with Crippen molar-refractivity contribution in [1.82, 2.24) is 20.2 Å². The van der Waals surface area contributed by atoms with Crippen LogP contribution in [0.25, 0.3) is 0 Å². The predicted octanol–water partition coefficient (Wildman–Crippen LogP) is 0.985. The van der Waals surface area contributed by atoms with Gasteiger partial charge in [-0.15, -0.1) is 0 Å². The maximum Gasteiger partial charge on any atom is 0.0893 e. The van der Waals surface area contributed by atoms with Gasteiger partial charge in [-0.1, -0.05) is 6.07 Å². The zero-order valence-electron chi connectivity index (χ0n) is 10.3. The molecule has 0 bridgehead atoms. The van der Waals surface area contributed by atoms with Gasteiger partial charge in [0.1, 0.15) is 0 Å². The maximum absolute atomic E-state index is 5.63. The molecule has 17 heavy (non-hydrogen) atoms. The summed E-state index contributed by atoms with van der Waals surface area (Å²) in [5.74, 6) is 5.63. The molecule has 0 amide bonds. The fourth-order valence-corrected chi connectivity index (χ4v) is 1.90. The average molecular weight is 231 g/mol. The van der Waals surface area contributed by atoms with Crippen LogP contribution in [0.5, 0.6) is 0 Å². The maximum atomic E-state index is 5.63. The van der Waals surface area contributed by atoms with Crippen LogP contribution in [0.4, 0.5) is 0 Å². The van der Waals surface area contributed by atoms with Crippen molar-refractivity contribution >= 4 is 0 Å². The lowest BCUT2D eigenvalue weighted by Crippen LogP contribution is -2.30. The summed E-state index contributed by atoms with van der Waals surface area (Å²) in [5.41, 5.74) is 6.83. The molecule has 0 saturated heterocycles. The quantitative estimate of drug-likeness (QED) is 0.610. The highest BCUT2D eigenvalue weighted by atomic mass is 15.3. The Hall–Kier alpha value is -1.72. The highest BCUT2D eigenvalue weighted by molar-refractivity contribution is 5.27. The molecule has 2 rings (SSSR count). The van der Waals surface area contributed by atoms with Crippen LogP contribution in [0, 0.1) is 13.8 Å². The van der Waals surface area contributed by atoms with Crippen LogP contribution in [-0.4, -0.2) is 14.8 Å². The third-order valence-corrected chi connectivity index (χ3v) is 2.77. The number of nitrogens with one attached hydrogen (secondary N) is 1. The summed E-state index contributed by atoms with van der Waals surface area (Å²) >= 11 is 0. The van der Waals surface area contributed by atoms with Crippen LogP contribution >= 0.6 is 0 Å². The van der Waals surface area contributed by atoms with Gasteiger partial charge in [0.25, 0.3) is 0 Å². The Labute approximate surface area is 101 Å². The summed E-state index contributed by atoms with van der Waals surface area (Å²) in [4.78, 5) is 4.28. The molecule has 0 fully saturated rings. The average Bonchev–Trinajstić information content (AvgIpc) is 2.62. The van der Waals surface area contributed by atoms with Gasteiger partial charge in [0.2, 0.25) is 0 Å². The third-order valence-electron chi connectivity index (χ3n) is 2.77. The molecule has 1 atom stereocenters. The van der Waals surface area contributed by atoms with Gasteiger partial charge in [-0.25, -0.2) is 5.43 Å². The number of hydrogen-bond donors (Lipinski definition) is 2. The van der Waals surface area contributed by atoms with Crippen LogP contribution in [0.15, 0.2) is 24.4 Å². The Bertz CT molecular complexity index is 500. The molecule has 0 saturated carbocycles. The van der Waals surface area contributed by atoms with Crippen molar-refractivity contribution in [2.45, 2.75) is 19.9 Å². The van der Waals surface area contributed by atoms with Gasteiger partial charge in [0.05, 0.1) is 17.4 Å². The van der Waals surface area contributed by atoms with Crippen LogP contribution < -0.4 is 11.3 Å². The van der Waals surface area contributed by atoms with Crippen LogP contribution in [0.2, 0.25) is 0 Å². The summed E-state index contributed by atoms with van der Waals surface area (Å²) in [6.45, 7) is 3.92. The summed E-state index contributed by atoms with van der Waals surface area (Å²) < 4.78 is 1.83. The van der Waals surface area contributed by atoms with Crippen LogP contribution in [0.1, 0.15) is 28.7 Å². The predicted molar refractivity (Wildman–Crippen MR) is 66.1 cm³/mol. The van der Waals surface area contributed by atoms with Crippen LogP contribution in [-0.2, 0) is 7.05 Å². The van der Waals surface area contributed by atoms with E-state index in [0.29, 0.717) is 0 Å². The molecule has 0 aliphatic carbocycles. The van der Waals surface area contributed by atoms with Gasteiger partial charge < -0.3 is 0 Å². The fraction of sp³-hybridized carbons (Fsp3) is 0.333. The molecular weight excluding hydrogens is 214 g/mol. The van der Waals surface area contributed by atoms with Crippen molar-refractivity contribution < 1.29 is 0 Å². The van der Waals surface area contributed by atoms with E-state index in [1.807, 2.05) is 50.0 Å². The second-order valence-corrected chi connectivity index (χ2v) is 4.17. The van der Waals surface area contributed by atoms with E-state index in [1.54, 1.807) is 0 Å². The Morgan fingerprint density at radius 3 is 2.53 bits per heavy atom. The zero-order valence-corrected chi connectivity index (χ0v) is 10.3. The molecule has 5 heteroatoms. The second-order valence-electron chi connectivity index (χ2n) is 4.17. The van der Waals surface area contributed by atoms with E-state index in [9.17, 15) is 0 Å². The molecule has 0 aromatic carbocycles. The first kappa shape index (κ1) is 11.8. The van der Waals surface area contributed by atoms with E-state index in [-0.39, 0.29) is 6.04 Å². The summed E-state index contributed by atoms with van der Waals surface area (Å²) in [7, 11) is 1.91. The number of nitrogens with two attached hydrogens (primary N) is 1. The van der Waals surface area contributed by atoms with Crippen molar-refractivity contribution in [2.24, 2.45) is 12.9 Å². The number of rotatable bonds is 3. The third kappa shape index (κ3) is 2.35. The molecule has 90 valence electrons. The van der Waals surface area contributed by atoms with Gasteiger partial charge in [0, 0.05) is 18.9 Å². The van der Waals surface area contributed by atoms with E-state index in [0.717, 1.165) is 22.6 Å². The molecule has 2 aromatic rings. The lowest BCUT2D eigenvalue weighted by atomic mass is 10.1. The molecule has 0 aliphatic rings. The molecule has 1 unspecified atom stereocenters. The van der Waals surface area contributed by atoms with Gasteiger partial charge in [-0.05, 0) is 31.5 Å². The molecule has 0 aliphatic heterocycles. The van der Waals surface area contributed by atoms with E-state index >= 15 is 0 Å². The minimum absolute atomic E-state index is 0.0886. The Morgan fingerprint density at radius 1 is 1.29 bits per heavy atom. The second kappa shape index (κ2) is 4.65. The Kier molecular flexibility index (Phi) is 3.21. The SMILES string of the molecule is Cc1ccc(C(NN)c2cc(C)nn2C)cn1. The lowest BCUT2D eigenvalue weighted by Gasteiger charge is -2.16. The summed E-state index contributed by atoms with van der Waals surface area (Å²) in [6, 6.07) is 5.93. The standard InChI is InChI=1S/C12H17N5/c1-8-4-5-10(7-14-8)12(15-13)11-6-9(2)16-17(11)3/h4-7,12,15H,13H2,1-3H3. The highest BCUT2D eigenvalue weighted by Gasteiger charge is 2.16. The lowest BCUT2D eigenvalue weighted by molar-refractivity contribution is 0.572. The molecule has 3 N–H and O–H groups in total. The number of hydrazine groups is 1. The number of hydrogen-bond acceptors (Lipinski definition) is 4. The van der Waals surface area contributed by atoms with E-state index in [1.165, 1.54) is 0 Å². The minimum atomic E-state index is -0.0886. The highest BCUT2D eigenvalue weighted by Crippen LogP contribution is 2.20. The molecular formula is C12H17N5. The topological polar surface area (TPSA) is 68.8 Å². The monoisotopic (exact) mass is 231 g/mol. The van der Waals surface area contributed by atoms with Gasteiger partial charge >= 0.3 is 0 Å². The fourth-order valence-electron chi connectivity index (χ4n) is 1.90. The first-order valence-electron chi connectivity index (χ1n) is 5.51. The minimum Gasteiger partial charge on any atom is -0.271 e. The number of aryl methyl sites for hydroxylation is 3. The van der Waals surface area contributed by atoms with Gasteiger partial charge in [-0.3, -0.25) is 15.5 Å². The molecule has 0 radical (unpaired) electrons. The van der Waals surface area contributed by atoms with Gasteiger partial charge in [-0.2, -0.15) is 5.10 Å².